The van der Waals surface area contributed by atoms with Gasteiger partial charge in [0.15, 0.2) is 11.5 Å². The summed E-state index contributed by atoms with van der Waals surface area (Å²) in [5.41, 5.74) is 4.68. The van der Waals surface area contributed by atoms with Crippen LogP contribution in [0, 0.1) is 13.8 Å². The molecular weight excluding hydrogens is 312 g/mol. The molecule has 5 heteroatoms. The molecule has 1 aromatic heterocycles. The minimum atomic E-state index is -0.259. The number of rotatable bonds is 5. The average Bonchev–Trinajstić information content (AvgIpc) is 2.62. The molecule has 0 saturated carbocycles. The number of carbonyl (C=O) groups is 1. The first-order chi connectivity index (χ1) is 12.1. The second kappa shape index (κ2) is 7.30. The van der Waals surface area contributed by atoms with Crippen molar-refractivity contribution in [2.24, 2.45) is 0 Å². The SMILES string of the molecule is CCCNc1nc2ccccc2nc1C(=O)Nc1cc(C)ccc1C. The van der Waals surface area contributed by atoms with Gasteiger partial charge in [0.1, 0.15) is 0 Å². The van der Waals surface area contributed by atoms with Crippen LogP contribution in [0.1, 0.15) is 35.0 Å². The molecule has 1 heterocycles. The lowest BCUT2D eigenvalue weighted by Crippen LogP contribution is -2.19. The number of anilines is 2. The molecule has 0 saturated heterocycles. The van der Waals surface area contributed by atoms with Crippen molar-refractivity contribution >= 4 is 28.4 Å². The highest BCUT2D eigenvalue weighted by atomic mass is 16.1. The predicted molar refractivity (Wildman–Crippen MR) is 102 cm³/mol. The number of fused-ring (bicyclic) bond motifs is 1. The Hall–Kier alpha value is -2.95. The zero-order valence-corrected chi connectivity index (χ0v) is 14.8. The molecule has 5 nitrogen and oxygen atoms in total. The molecule has 128 valence electrons. The van der Waals surface area contributed by atoms with Crippen LogP contribution in [-0.4, -0.2) is 22.4 Å². The van der Waals surface area contributed by atoms with Gasteiger partial charge in [-0.25, -0.2) is 9.97 Å². The molecule has 0 unspecified atom stereocenters. The Bertz CT molecular complexity index is 921. The normalized spacial score (nSPS) is 10.7. The highest BCUT2D eigenvalue weighted by molar-refractivity contribution is 6.07. The van der Waals surface area contributed by atoms with Crippen molar-refractivity contribution < 1.29 is 4.79 Å². The summed E-state index contributed by atoms with van der Waals surface area (Å²) in [6, 6.07) is 13.5. The van der Waals surface area contributed by atoms with E-state index in [2.05, 4.69) is 27.5 Å². The molecule has 3 aromatic rings. The number of amides is 1. The van der Waals surface area contributed by atoms with Crippen LogP contribution in [0.4, 0.5) is 11.5 Å². The molecule has 0 spiro atoms. The standard InChI is InChI=1S/C20H22N4O/c1-4-11-21-19-18(22-15-7-5-6-8-16(15)23-19)20(25)24-17-12-13(2)9-10-14(17)3/h5-10,12H,4,11H2,1-3H3,(H,21,23)(H,24,25). The lowest BCUT2D eigenvalue weighted by atomic mass is 10.1. The van der Waals surface area contributed by atoms with Crippen molar-refractivity contribution in [2.45, 2.75) is 27.2 Å². The van der Waals surface area contributed by atoms with Crippen molar-refractivity contribution in [1.82, 2.24) is 9.97 Å². The lowest BCUT2D eigenvalue weighted by molar-refractivity contribution is 0.102. The molecule has 0 atom stereocenters. The second-order valence-corrected chi connectivity index (χ2v) is 6.11. The number of hydrogen-bond acceptors (Lipinski definition) is 4. The number of nitrogens with zero attached hydrogens (tertiary/aromatic N) is 2. The molecule has 25 heavy (non-hydrogen) atoms. The van der Waals surface area contributed by atoms with Crippen LogP contribution >= 0.6 is 0 Å². The summed E-state index contributed by atoms with van der Waals surface area (Å²) in [5.74, 6) is 0.258. The van der Waals surface area contributed by atoms with E-state index >= 15 is 0 Å². The third-order valence-corrected chi connectivity index (χ3v) is 3.97. The zero-order chi connectivity index (χ0) is 17.8. The highest BCUT2D eigenvalue weighted by Gasteiger charge is 2.17. The predicted octanol–water partition coefficient (Wildman–Crippen LogP) is 4.32. The van der Waals surface area contributed by atoms with E-state index in [4.69, 9.17) is 0 Å². The average molecular weight is 334 g/mol. The summed E-state index contributed by atoms with van der Waals surface area (Å²) in [7, 11) is 0. The number of carbonyl (C=O) groups excluding carboxylic acids is 1. The maximum absolute atomic E-state index is 12.9. The Labute approximate surface area is 147 Å². The van der Waals surface area contributed by atoms with Crippen LogP contribution in [0.3, 0.4) is 0 Å². The van der Waals surface area contributed by atoms with E-state index in [0.717, 1.165) is 35.3 Å². The van der Waals surface area contributed by atoms with Crippen LogP contribution in [-0.2, 0) is 0 Å². The van der Waals surface area contributed by atoms with E-state index in [-0.39, 0.29) is 5.91 Å². The minimum Gasteiger partial charge on any atom is -0.368 e. The number of aryl methyl sites for hydroxylation is 2. The fourth-order valence-corrected chi connectivity index (χ4v) is 2.58. The Balaban J connectivity index is 1.99. The zero-order valence-electron chi connectivity index (χ0n) is 14.8. The van der Waals surface area contributed by atoms with Crippen molar-refractivity contribution in [2.75, 3.05) is 17.2 Å². The molecule has 0 fully saturated rings. The number of para-hydroxylation sites is 2. The van der Waals surface area contributed by atoms with E-state index in [9.17, 15) is 4.79 Å². The number of hydrogen-bond donors (Lipinski definition) is 2. The van der Waals surface area contributed by atoms with Gasteiger partial charge in [0.2, 0.25) is 0 Å². The molecule has 1 amide bonds. The Morgan fingerprint density at radius 1 is 1.04 bits per heavy atom. The van der Waals surface area contributed by atoms with E-state index in [1.165, 1.54) is 0 Å². The van der Waals surface area contributed by atoms with E-state index in [1.54, 1.807) is 0 Å². The lowest BCUT2D eigenvalue weighted by Gasteiger charge is -2.13. The summed E-state index contributed by atoms with van der Waals surface area (Å²) >= 11 is 0. The Morgan fingerprint density at radius 3 is 2.48 bits per heavy atom. The Morgan fingerprint density at radius 2 is 1.76 bits per heavy atom. The summed E-state index contributed by atoms with van der Waals surface area (Å²) in [6.45, 7) is 6.77. The van der Waals surface area contributed by atoms with E-state index in [0.29, 0.717) is 17.0 Å². The first-order valence-corrected chi connectivity index (χ1v) is 8.47. The van der Waals surface area contributed by atoms with Gasteiger partial charge < -0.3 is 10.6 Å². The van der Waals surface area contributed by atoms with Gasteiger partial charge >= 0.3 is 0 Å². The Kier molecular flexibility index (Phi) is 4.93. The third-order valence-electron chi connectivity index (χ3n) is 3.97. The maximum atomic E-state index is 12.9. The van der Waals surface area contributed by atoms with Gasteiger partial charge in [0, 0.05) is 12.2 Å². The number of nitrogens with one attached hydrogen (secondary N) is 2. The highest BCUT2D eigenvalue weighted by Crippen LogP contribution is 2.21. The van der Waals surface area contributed by atoms with Crippen LogP contribution in [0.15, 0.2) is 42.5 Å². The second-order valence-electron chi connectivity index (χ2n) is 6.11. The topological polar surface area (TPSA) is 66.9 Å². The minimum absolute atomic E-state index is 0.259. The molecule has 0 radical (unpaired) electrons. The summed E-state index contributed by atoms with van der Waals surface area (Å²) in [4.78, 5) is 22.0. The first kappa shape index (κ1) is 16.9. The molecular formula is C20H22N4O. The molecule has 2 N–H and O–H groups in total. The van der Waals surface area contributed by atoms with Crippen molar-refractivity contribution in [3.63, 3.8) is 0 Å². The summed E-state index contributed by atoms with van der Waals surface area (Å²) in [5, 5.41) is 6.18. The molecule has 0 aliphatic carbocycles. The molecule has 3 rings (SSSR count). The van der Waals surface area contributed by atoms with Gasteiger partial charge in [-0.1, -0.05) is 31.2 Å². The molecule has 0 bridgehead atoms. The van der Waals surface area contributed by atoms with Gasteiger partial charge in [0.25, 0.3) is 5.91 Å². The quantitative estimate of drug-likeness (QED) is 0.729. The van der Waals surface area contributed by atoms with Gasteiger partial charge in [-0.05, 0) is 49.6 Å². The van der Waals surface area contributed by atoms with Gasteiger partial charge in [0.05, 0.1) is 11.0 Å². The number of aromatic nitrogens is 2. The molecule has 0 aliphatic heterocycles. The largest absolute Gasteiger partial charge is 0.368 e. The van der Waals surface area contributed by atoms with Crippen molar-refractivity contribution in [1.29, 1.82) is 0 Å². The molecule has 2 aromatic carbocycles. The van der Waals surface area contributed by atoms with E-state index < -0.39 is 0 Å². The van der Waals surface area contributed by atoms with Gasteiger partial charge in [-0.15, -0.1) is 0 Å². The fraction of sp³-hybridized carbons (Fsp3) is 0.250. The first-order valence-electron chi connectivity index (χ1n) is 8.47. The van der Waals surface area contributed by atoms with Crippen LogP contribution in [0.2, 0.25) is 0 Å². The van der Waals surface area contributed by atoms with Gasteiger partial charge in [-0.2, -0.15) is 0 Å². The van der Waals surface area contributed by atoms with Gasteiger partial charge in [-0.3, -0.25) is 4.79 Å². The van der Waals surface area contributed by atoms with Crippen LogP contribution in [0.25, 0.3) is 11.0 Å². The number of benzene rings is 2. The van der Waals surface area contributed by atoms with Crippen molar-refractivity contribution in [3.05, 3.63) is 59.3 Å². The third kappa shape index (κ3) is 3.76. The molecule has 0 aliphatic rings. The fourth-order valence-electron chi connectivity index (χ4n) is 2.58. The summed E-state index contributed by atoms with van der Waals surface area (Å²) < 4.78 is 0. The van der Waals surface area contributed by atoms with E-state index in [1.807, 2.05) is 56.3 Å². The van der Waals surface area contributed by atoms with Crippen molar-refractivity contribution in [3.8, 4) is 0 Å². The van der Waals surface area contributed by atoms with Crippen LogP contribution in [0.5, 0.6) is 0 Å². The maximum Gasteiger partial charge on any atom is 0.278 e. The van der Waals surface area contributed by atoms with Crippen LogP contribution < -0.4 is 10.6 Å². The monoisotopic (exact) mass is 334 g/mol. The smallest absolute Gasteiger partial charge is 0.278 e. The summed E-state index contributed by atoms with van der Waals surface area (Å²) in [6.07, 6.45) is 0.937.